The summed E-state index contributed by atoms with van der Waals surface area (Å²) in [7, 11) is 0. The maximum absolute atomic E-state index is 13.0. The van der Waals surface area contributed by atoms with E-state index in [2.05, 4.69) is 33.8 Å². The van der Waals surface area contributed by atoms with Crippen molar-refractivity contribution in [2.24, 2.45) is 40.4 Å². The third-order valence-corrected chi connectivity index (χ3v) is 17.5. The van der Waals surface area contributed by atoms with Gasteiger partial charge in [0.05, 0.1) is 43.7 Å². The van der Waals surface area contributed by atoms with Crippen LogP contribution in [0, 0.1) is 40.4 Å². The molecule has 0 aromatic carbocycles. The minimum atomic E-state index is -1.73. The SMILES string of the molecule is C[C@@H]1CCC2(OC1)OC1C[C@@]3(O)[C@@H]4CC=C5C[C@@H](O[C@H]6O[C@@H](CO)[C@H](O[C@@H]7OC[C@@H](O)[C@H](O)[C@H]7O)[C@H](O)[C@H]6O[C@H]6O[C@@H](C)[C@H](O)[C@@H](O)[C@H]6O)CC[C@]5(C)[C@H]4CC[C@]3(C)[C@H]1[C@@H]2C. The van der Waals surface area contributed by atoms with Crippen molar-refractivity contribution in [1.29, 1.82) is 0 Å². The Bertz CT molecular complexity index is 1610. The van der Waals surface area contributed by atoms with E-state index in [4.69, 9.17) is 37.9 Å². The highest BCUT2D eigenvalue weighted by Crippen LogP contribution is 2.72. The van der Waals surface area contributed by atoms with Crippen molar-refractivity contribution >= 4 is 0 Å². The van der Waals surface area contributed by atoms with Gasteiger partial charge in [0.25, 0.3) is 0 Å². The third kappa shape index (κ3) is 7.14. The summed E-state index contributed by atoms with van der Waals surface area (Å²) in [5, 5.41) is 98.1. The van der Waals surface area contributed by atoms with Gasteiger partial charge in [-0.2, -0.15) is 0 Å². The van der Waals surface area contributed by atoms with E-state index in [1.54, 1.807) is 0 Å². The predicted molar refractivity (Wildman–Crippen MR) is 210 cm³/mol. The van der Waals surface area contributed by atoms with Crippen LogP contribution in [-0.2, 0) is 37.9 Å². The summed E-state index contributed by atoms with van der Waals surface area (Å²) < 4.78 is 49.5. The molecule has 3 saturated carbocycles. The molecule has 5 aliphatic heterocycles. The van der Waals surface area contributed by atoms with Gasteiger partial charge in [-0.15, -0.1) is 0 Å². The molecule has 8 fully saturated rings. The molecule has 2 unspecified atom stereocenters. The van der Waals surface area contributed by atoms with Crippen molar-refractivity contribution in [3.8, 4) is 0 Å². The van der Waals surface area contributed by atoms with Crippen LogP contribution in [0.15, 0.2) is 11.6 Å². The summed E-state index contributed by atoms with van der Waals surface area (Å²) in [4.78, 5) is 0. The second-order valence-corrected chi connectivity index (χ2v) is 20.8. The first-order valence-electron chi connectivity index (χ1n) is 22.9. The third-order valence-electron chi connectivity index (χ3n) is 17.5. The van der Waals surface area contributed by atoms with Crippen molar-refractivity contribution in [3.63, 3.8) is 0 Å². The number of ether oxygens (including phenoxy) is 8. The molecule has 25 atom stereocenters. The zero-order valence-electron chi connectivity index (χ0n) is 36.0. The van der Waals surface area contributed by atoms with Gasteiger partial charge in [-0.1, -0.05) is 39.3 Å². The summed E-state index contributed by atoms with van der Waals surface area (Å²) in [6.07, 6.45) is -11.8. The van der Waals surface area contributed by atoms with E-state index >= 15 is 0 Å². The lowest BCUT2D eigenvalue weighted by molar-refractivity contribution is -0.385. The van der Waals surface area contributed by atoms with E-state index in [1.165, 1.54) is 12.5 Å². The molecule has 0 aromatic heterocycles. The van der Waals surface area contributed by atoms with E-state index in [0.717, 1.165) is 38.5 Å². The standard InChI is InChI=1S/C44H70O17/c1-19-8-13-44(55-17-19)20(2)29-27(61-44)15-43(53)25-7-6-22-14-23(9-11-41(22,4)24(25)10-12-42(29,43)5)57-40-37(60-39-34(51)32(49)30(47)21(3)56-39)35(52)36(28(16-45)58-40)59-38-33(50)31(48)26(46)18-54-38/h6,19-21,23-40,45-53H,7-18H2,1-5H3/t19-,20+,21+,23+,24+,25-,26-,27?,28+,29+,30+,31+,32-,33-,34-,35+,36+,37-,38+,39-,40+,41+,42-,43-,44?/m1/s1. The topological polar surface area (TPSA) is 256 Å². The highest BCUT2D eigenvalue weighted by atomic mass is 16.8. The van der Waals surface area contributed by atoms with Crippen LogP contribution in [0.3, 0.4) is 0 Å². The molecule has 0 bridgehead atoms. The van der Waals surface area contributed by atoms with Gasteiger partial charge in [0.2, 0.25) is 0 Å². The summed E-state index contributed by atoms with van der Waals surface area (Å²) in [6, 6.07) is 0. The molecule has 17 nitrogen and oxygen atoms in total. The lowest BCUT2D eigenvalue weighted by atomic mass is 9.45. The van der Waals surface area contributed by atoms with Gasteiger partial charge in [-0.3, -0.25) is 0 Å². The van der Waals surface area contributed by atoms with Gasteiger partial charge in [0.1, 0.15) is 61.0 Å². The van der Waals surface area contributed by atoms with Crippen LogP contribution in [0.2, 0.25) is 0 Å². The molecule has 0 radical (unpaired) electrons. The molecule has 17 heteroatoms. The summed E-state index contributed by atoms with van der Waals surface area (Å²) in [5.41, 5.74) is -0.160. The largest absolute Gasteiger partial charge is 0.394 e. The van der Waals surface area contributed by atoms with Crippen LogP contribution < -0.4 is 0 Å². The van der Waals surface area contributed by atoms with Crippen molar-refractivity contribution in [2.45, 2.75) is 202 Å². The van der Waals surface area contributed by atoms with Crippen molar-refractivity contribution in [3.05, 3.63) is 11.6 Å². The smallest absolute Gasteiger partial charge is 0.187 e. The Morgan fingerprint density at radius 1 is 0.738 bits per heavy atom. The quantitative estimate of drug-likeness (QED) is 0.152. The number of hydrogen-bond acceptors (Lipinski definition) is 17. The minimum absolute atomic E-state index is 0.0513. The lowest BCUT2D eigenvalue weighted by Gasteiger charge is -2.62. The van der Waals surface area contributed by atoms with Gasteiger partial charge in [0, 0.05) is 30.1 Å². The Labute approximate surface area is 357 Å². The molecule has 348 valence electrons. The molecular weight excluding hydrogens is 800 g/mol. The lowest BCUT2D eigenvalue weighted by Crippen LogP contribution is -2.66. The van der Waals surface area contributed by atoms with Gasteiger partial charge in [-0.05, 0) is 75.0 Å². The second-order valence-electron chi connectivity index (χ2n) is 20.8. The molecule has 0 aromatic rings. The number of aliphatic hydroxyl groups is 9. The molecule has 61 heavy (non-hydrogen) atoms. The Morgan fingerprint density at radius 3 is 2.20 bits per heavy atom. The first-order valence-corrected chi connectivity index (χ1v) is 22.9. The van der Waals surface area contributed by atoms with Crippen LogP contribution in [0.5, 0.6) is 0 Å². The van der Waals surface area contributed by atoms with Crippen LogP contribution in [0.25, 0.3) is 0 Å². The van der Waals surface area contributed by atoms with Gasteiger partial charge >= 0.3 is 0 Å². The second kappa shape index (κ2) is 16.4. The van der Waals surface area contributed by atoms with E-state index < -0.39 is 110 Å². The van der Waals surface area contributed by atoms with E-state index in [-0.39, 0.29) is 47.2 Å². The van der Waals surface area contributed by atoms with Gasteiger partial charge < -0.3 is 83.9 Å². The fraction of sp³-hybridized carbons (Fsp3) is 0.955. The van der Waals surface area contributed by atoms with E-state index in [0.29, 0.717) is 31.8 Å². The Hall–Kier alpha value is -0.940. The average Bonchev–Trinajstić information content (AvgIpc) is 3.63. The number of rotatable bonds is 7. The molecule has 5 saturated heterocycles. The van der Waals surface area contributed by atoms with Crippen LogP contribution in [0.1, 0.15) is 92.4 Å². The summed E-state index contributed by atoms with van der Waals surface area (Å²) in [6.45, 7) is 10.3. The van der Waals surface area contributed by atoms with Crippen molar-refractivity contribution < 1.29 is 83.9 Å². The van der Waals surface area contributed by atoms with Crippen LogP contribution in [0.4, 0.5) is 0 Å². The zero-order valence-corrected chi connectivity index (χ0v) is 36.0. The zero-order chi connectivity index (χ0) is 43.6. The van der Waals surface area contributed by atoms with Crippen molar-refractivity contribution in [1.82, 2.24) is 0 Å². The van der Waals surface area contributed by atoms with Crippen molar-refractivity contribution in [2.75, 3.05) is 19.8 Å². The number of fused-ring (bicyclic) bond motifs is 7. The monoisotopic (exact) mass is 870 g/mol. The number of aliphatic hydroxyl groups excluding tert-OH is 8. The molecule has 5 heterocycles. The predicted octanol–water partition coefficient (Wildman–Crippen LogP) is -0.0319. The summed E-state index contributed by atoms with van der Waals surface area (Å²) >= 11 is 0. The molecule has 4 aliphatic carbocycles. The first kappa shape index (κ1) is 45.2. The molecule has 9 N–H and O–H groups in total. The normalized spacial score (nSPS) is 58.4. The Balaban J connectivity index is 0.925. The van der Waals surface area contributed by atoms with E-state index in [1.807, 2.05) is 0 Å². The highest BCUT2D eigenvalue weighted by Gasteiger charge is 2.74. The maximum atomic E-state index is 13.0. The molecule has 0 amide bonds. The molecular formula is C44H70O17. The van der Waals surface area contributed by atoms with E-state index in [9.17, 15) is 46.0 Å². The molecule has 9 aliphatic rings. The van der Waals surface area contributed by atoms with Crippen LogP contribution in [-0.4, -0.2) is 175 Å². The number of allylic oxidation sites excluding steroid dienone is 1. The molecule has 9 rings (SSSR count). The Morgan fingerprint density at radius 2 is 1.48 bits per heavy atom. The van der Waals surface area contributed by atoms with Crippen LogP contribution >= 0.6 is 0 Å². The van der Waals surface area contributed by atoms with Gasteiger partial charge in [-0.25, -0.2) is 0 Å². The minimum Gasteiger partial charge on any atom is -0.394 e. The maximum Gasteiger partial charge on any atom is 0.187 e. The first-order chi connectivity index (χ1) is 28.9. The average molecular weight is 871 g/mol. The highest BCUT2D eigenvalue weighted by molar-refractivity contribution is 5.29. The Kier molecular flexibility index (Phi) is 12.2. The fourth-order valence-corrected chi connectivity index (χ4v) is 13.7. The molecule has 1 spiro atoms. The van der Waals surface area contributed by atoms with Gasteiger partial charge in [0.15, 0.2) is 24.7 Å². The number of hydrogen-bond donors (Lipinski definition) is 9. The fourth-order valence-electron chi connectivity index (χ4n) is 13.7. The summed E-state index contributed by atoms with van der Waals surface area (Å²) in [5.74, 6) is 0.647.